The molecule has 3 aromatic rings. The van der Waals surface area contributed by atoms with E-state index in [2.05, 4.69) is 4.90 Å². The van der Waals surface area contributed by atoms with Crippen LogP contribution in [0.25, 0.3) is 0 Å². The molecule has 0 bridgehead atoms. The maximum atomic E-state index is 9.95. The lowest BCUT2D eigenvalue weighted by Gasteiger charge is -2.26. The van der Waals surface area contributed by atoms with Crippen LogP contribution < -0.4 is 9.47 Å². The van der Waals surface area contributed by atoms with Crippen LogP contribution in [0.15, 0.2) is 66.7 Å². The zero-order valence-electron chi connectivity index (χ0n) is 17.7. The molecule has 1 aliphatic rings. The second-order valence-electron chi connectivity index (χ2n) is 7.96. The van der Waals surface area contributed by atoms with E-state index in [4.69, 9.17) is 9.47 Å². The zero-order chi connectivity index (χ0) is 21.5. The van der Waals surface area contributed by atoms with Gasteiger partial charge >= 0.3 is 0 Å². The van der Waals surface area contributed by atoms with Crippen LogP contribution in [0, 0.1) is 0 Å². The number of hydrogen-bond acceptors (Lipinski definition) is 5. The Labute approximate surface area is 183 Å². The maximum absolute atomic E-state index is 9.95. The molecule has 0 atom stereocenters. The van der Waals surface area contributed by atoms with Gasteiger partial charge in [0.1, 0.15) is 35.4 Å². The number of phenols is 2. The summed E-state index contributed by atoms with van der Waals surface area (Å²) in [4.78, 5) is 2.47. The summed E-state index contributed by atoms with van der Waals surface area (Å²) in [6.07, 6.45) is 4.56. The molecule has 1 aliphatic heterocycles. The predicted octanol–water partition coefficient (Wildman–Crippen LogP) is 5.35. The number of piperidine rings is 1. The number of aromatic hydroxyl groups is 2. The van der Waals surface area contributed by atoms with Crippen molar-refractivity contribution in [3.63, 3.8) is 0 Å². The van der Waals surface area contributed by atoms with Crippen LogP contribution in [0.1, 0.15) is 30.4 Å². The largest absolute Gasteiger partial charge is 0.508 e. The molecule has 0 unspecified atom stereocenters. The van der Waals surface area contributed by atoms with E-state index in [0.717, 1.165) is 23.4 Å². The van der Waals surface area contributed by atoms with Gasteiger partial charge in [0.25, 0.3) is 0 Å². The summed E-state index contributed by atoms with van der Waals surface area (Å²) in [6, 6.07) is 19.8. The lowest BCUT2D eigenvalue weighted by Crippen LogP contribution is -2.33. The number of benzene rings is 3. The molecular weight excluding hydrogens is 390 g/mol. The summed E-state index contributed by atoms with van der Waals surface area (Å²) in [5.74, 6) is 2.56. The van der Waals surface area contributed by atoms with Crippen molar-refractivity contribution in [3.8, 4) is 28.7 Å². The molecule has 5 nitrogen and oxygen atoms in total. The van der Waals surface area contributed by atoms with E-state index >= 15 is 0 Å². The van der Waals surface area contributed by atoms with Crippen molar-refractivity contribution in [3.05, 3.63) is 77.9 Å². The van der Waals surface area contributed by atoms with Gasteiger partial charge in [0.05, 0.1) is 0 Å². The normalized spacial score (nSPS) is 14.3. The van der Waals surface area contributed by atoms with Crippen LogP contribution in [0.2, 0.25) is 0 Å². The van der Waals surface area contributed by atoms with E-state index in [1.54, 1.807) is 42.5 Å². The smallest absolute Gasteiger partial charge is 0.131 e. The molecule has 3 aromatic carbocycles. The molecule has 4 rings (SSSR count). The molecule has 1 fully saturated rings. The van der Waals surface area contributed by atoms with E-state index in [1.807, 2.05) is 24.3 Å². The van der Waals surface area contributed by atoms with Crippen LogP contribution in [-0.2, 0) is 6.42 Å². The van der Waals surface area contributed by atoms with Gasteiger partial charge in [0.15, 0.2) is 0 Å². The Morgan fingerprint density at radius 2 is 1.42 bits per heavy atom. The predicted molar refractivity (Wildman–Crippen MR) is 121 cm³/mol. The first-order valence-corrected chi connectivity index (χ1v) is 10.9. The Hall–Kier alpha value is -3.18. The molecule has 1 saturated heterocycles. The third kappa shape index (κ3) is 6.15. The average Bonchev–Trinajstić information content (AvgIpc) is 2.79. The minimum Gasteiger partial charge on any atom is -0.508 e. The Bertz CT molecular complexity index is 964. The van der Waals surface area contributed by atoms with Crippen LogP contribution in [-0.4, -0.2) is 41.4 Å². The molecule has 5 heteroatoms. The molecule has 0 amide bonds. The summed E-state index contributed by atoms with van der Waals surface area (Å²) in [7, 11) is 0. The van der Waals surface area contributed by atoms with Gasteiger partial charge in [0.2, 0.25) is 0 Å². The summed E-state index contributed by atoms with van der Waals surface area (Å²) in [5, 5.41) is 19.4. The van der Waals surface area contributed by atoms with Crippen molar-refractivity contribution in [1.82, 2.24) is 4.90 Å². The topological polar surface area (TPSA) is 62.2 Å². The van der Waals surface area contributed by atoms with Gasteiger partial charge in [-0.25, -0.2) is 0 Å². The van der Waals surface area contributed by atoms with Crippen LogP contribution >= 0.6 is 0 Å². The summed E-state index contributed by atoms with van der Waals surface area (Å²) >= 11 is 0. The highest BCUT2D eigenvalue weighted by Crippen LogP contribution is 2.31. The highest BCUT2D eigenvalue weighted by atomic mass is 16.5. The lowest BCUT2D eigenvalue weighted by molar-refractivity contribution is 0.183. The van der Waals surface area contributed by atoms with Crippen molar-refractivity contribution in [2.24, 2.45) is 0 Å². The van der Waals surface area contributed by atoms with Crippen molar-refractivity contribution < 1.29 is 19.7 Å². The summed E-state index contributed by atoms with van der Waals surface area (Å²) < 4.78 is 11.9. The molecule has 0 saturated carbocycles. The standard InChI is InChI=1S/C26H29NO4/c28-22-6-11-25(12-7-22)31-26-13-8-23(29)19-21(26)18-20-4-9-24(10-5-20)30-17-16-27-14-2-1-3-15-27/h4-13,19,28-29H,1-3,14-18H2. The summed E-state index contributed by atoms with van der Waals surface area (Å²) in [6.45, 7) is 4.04. The quantitative estimate of drug-likeness (QED) is 0.516. The van der Waals surface area contributed by atoms with Crippen molar-refractivity contribution in [2.75, 3.05) is 26.2 Å². The van der Waals surface area contributed by atoms with Gasteiger partial charge in [-0.1, -0.05) is 18.6 Å². The van der Waals surface area contributed by atoms with E-state index in [0.29, 0.717) is 24.5 Å². The monoisotopic (exact) mass is 419 g/mol. The molecule has 0 radical (unpaired) electrons. The molecule has 0 aromatic heterocycles. The van der Waals surface area contributed by atoms with E-state index < -0.39 is 0 Å². The second-order valence-corrected chi connectivity index (χ2v) is 7.96. The molecule has 0 spiro atoms. The summed E-state index contributed by atoms with van der Waals surface area (Å²) in [5.41, 5.74) is 1.98. The maximum Gasteiger partial charge on any atom is 0.131 e. The van der Waals surface area contributed by atoms with E-state index in [-0.39, 0.29) is 11.5 Å². The highest BCUT2D eigenvalue weighted by molar-refractivity contribution is 5.45. The van der Waals surface area contributed by atoms with Crippen molar-refractivity contribution in [2.45, 2.75) is 25.7 Å². The fraction of sp³-hybridized carbons (Fsp3) is 0.308. The molecule has 0 aliphatic carbocycles. The Morgan fingerprint density at radius 3 is 2.16 bits per heavy atom. The van der Waals surface area contributed by atoms with Crippen LogP contribution in [0.5, 0.6) is 28.7 Å². The lowest BCUT2D eigenvalue weighted by atomic mass is 10.0. The number of likely N-dealkylation sites (tertiary alicyclic amines) is 1. The first-order chi connectivity index (χ1) is 15.2. The minimum atomic E-state index is 0.191. The highest BCUT2D eigenvalue weighted by Gasteiger charge is 2.10. The molecule has 162 valence electrons. The third-order valence-electron chi connectivity index (χ3n) is 5.55. The second kappa shape index (κ2) is 10.2. The van der Waals surface area contributed by atoms with Gasteiger partial charge in [-0.15, -0.1) is 0 Å². The van der Waals surface area contributed by atoms with Gasteiger partial charge in [-0.3, -0.25) is 4.90 Å². The van der Waals surface area contributed by atoms with E-state index in [1.165, 1.54) is 32.4 Å². The third-order valence-corrected chi connectivity index (χ3v) is 5.55. The van der Waals surface area contributed by atoms with Gasteiger partial charge in [0, 0.05) is 18.5 Å². The first-order valence-electron chi connectivity index (χ1n) is 10.9. The number of nitrogens with zero attached hydrogens (tertiary/aromatic N) is 1. The minimum absolute atomic E-state index is 0.191. The van der Waals surface area contributed by atoms with Crippen molar-refractivity contribution >= 4 is 0 Å². The zero-order valence-corrected chi connectivity index (χ0v) is 17.7. The molecule has 31 heavy (non-hydrogen) atoms. The molecule has 2 N–H and O–H groups in total. The Kier molecular flexibility index (Phi) is 6.95. The molecular formula is C26H29NO4. The number of hydrogen-bond donors (Lipinski definition) is 2. The van der Waals surface area contributed by atoms with Crippen LogP contribution in [0.4, 0.5) is 0 Å². The van der Waals surface area contributed by atoms with Gasteiger partial charge in [-0.2, -0.15) is 0 Å². The fourth-order valence-electron chi connectivity index (χ4n) is 3.84. The number of rotatable bonds is 8. The molecule has 1 heterocycles. The average molecular weight is 420 g/mol. The Balaban J connectivity index is 1.37. The van der Waals surface area contributed by atoms with Crippen molar-refractivity contribution in [1.29, 1.82) is 0 Å². The number of phenolic OH excluding ortho intramolecular Hbond substituents is 2. The fourth-order valence-corrected chi connectivity index (χ4v) is 3.84. The van der Waals surface area contributed by atoms with E-state index in [9.17, 15) is 10.2 Å². The van der Waals surface area contributed by atoms with Crippen LogP contribution in [0.3, 0.4) is 0 Å². The first kappa shape index (κ1) is 21.1. The van der Waals surface area contributed by atoms with Gasteiger partial charge < -0.3 is 19.7 Å². The number of ether oxygens (including phenoxy) is 2. The Morgan fingerprint density at radius 1 is 0.742 bits per heavy atom. The van der Waals surface area contributed by atoms with Gasteiger partial charge in [-0.05, 0) is 86.1 Å². The SMILES string of the molecule is Oc1ccc(Oc2ccc(O)cc2Cc2ccc(OCCN3CCCCC3)cc2)cc1.